The van der Waals surface area contributed by atoms with Gasteiger partial charge in [-0.2, -0.15) is 17.5 Å². The van der Waals surface area contributed by atoms with Crippen molar-refractivity contribution < 1.29 is 21.8 Å². The van der Waals surface area contributed by atoms with Gasteiger partial charge in [0.2, 0.25) is 5.13 Å². The quantitative estimate of drug-likeness (QED) is 0.489. The smallest absolute Gasteiger partial charge is 0.251 e. The summed E-state index contributed by atoms with van der Waals surface area (Å²) in [4.78, 5) is 7.71. The highest BCUT2D eigenvalue weighted by Gasteiger charge is 2.32. The Morgan fingerprint density at radius 1 is 1.14 bits per heavy atom. The highest BCUT2D eigenvalue weighted by atomic mass is 32.2. The van der Waals surface area contributed by atoms with Crippen LogP contribution in [0.1, 0.15) is 23.4 Å². The summed E-state index contributed by atoms with van der Waals surface area (Å²) in [6.45, 7) is 1.62. The molecule has 3 aromatic rings. The number of thiazole rings is 1. The second kappa shape index (κ2) is 7.59. The Bertz CT molecular complexity index is 1080. The van der Waals surface area contributed by atoms with E-state index in [1.54, 1.807) is 24.4 Å². The maximum atomic E-state index is 13.0. The van der Waals surface area contributed by atoms with Gasteiger partial charge in [0.25, 0.3) is 0 Å². The Labute approximate surface area is 163 Å². The third-order valence-corrected chi connectivity index (χ3v) is 7.06. The van der Waals surface area contributed by atoms with Gasteiger partial charge in [0.05, 0.1) is 20.7 Å². The van der Waals surface area contributed by atoms with Crippen LogP contribution in [-0.4, -0.2) is 20.4 Å². The molecule has 0 aliphatic heterocycles. The zero-order valence-corrected chi connectivity index (χ0v) is 16.4. The van der Waals surface area contributed by atoms with Crippen LogP contribution < -0.4 is 0 Å². The number of rotatable bonds is 4. The number of alkyl halides is 3. The first-order valence-electron chi connectivity index (χ1n) is 8.02. The van der Waals surface area contributed by atoms with Crippen molar-refractivity contribution in [1.82, 2.24) is 9.97 Å². The Morgan fingerprint density at radius 2 is 1.82 bits per heavy atom. The molecule has 0 bridgehead atoms. The van der Waals surface area contributed by atoms with Gasteiger partial charge in [-0.3, -0.25) is 4.98 Å². The van der Waals surface area contributed by atoms with Gasteiger partial charge in [-0.05, 0) is 42.8 Å². The Morgan fingerprint density at radius 3 is 2.39 bits per heavy atom. The van der Waals surface area contributed by atoms with E-state index in [1.165, 1.54) is 35.8 Å². The van der Waals surface area contributed by atoms with Crippen molar-refractivity contribution in [3.63, 3.8) is 0 Å². The predicted molar refractivity (Wildman–Crippen MR) is 101 cm³/mol. The minimum Gasteiger partial charge on any atom is -0.251 e. The summed E-state index contributed by atoms with van der Waals surface area (Å²) in [6, 6.07) is 7.90. The van der Waals surface area contributed by atoms with Gasteiger partial charge < -0.3 is 0 Å². The SMILES string of the molecule is CC(c1ccc(C(F)(F)F)nc1)S(C)(=O)=Nc1nc(-c2ccc(F)cc2)cs1. The van der Waals surface area contributed by atoms with Crippen molar-refractivity contribution in [3.05, 3.63) is 65.0 Å². The first kappa shape index (κ1) is 20.4. The molecule has 2 atom stereocenters. The lowest BCUT2D eigenvalue weighted by atomic mass is 10.2. The van der Waals surface area contributed by atoms with Crippen molar-refractivity contribution in [2.45, 2.75) is 18.3 Å². The van der Waals surface area contributed by atoms with Crippen LogP contribution in [0.3, 0.4) is 0 Å². The number of benzene rings is 1. The summed E-state index contributed by atoms with van der Waals surface area (Å²) in [5, 5.41) is 1.34. The molecule has 0 spiro atoms. The molecular formula is C18H15F4N3OS2. The van der Waals surface area contributed by atoms with Crippen LogP contribution in [0.4, 0.5) is 22.7 Å². The lowest BCUT2D eigenvalue weighted by molar-refractivity contribution is -0.141. The van der Waals surface area contributed by atoms with Crippen LogP contribution in [0.2, 0.25) is 0 Å². The summed E-state index contributed by atoms with van der Waals surface area (Å²) < 4.78 is 68.2. The fraction of sp³-hybridized carbons (Fsp3) is 0.222. The zero-order valence-electron chi connectivity index (χ0n) is 14.8. The number of halogens is 4. The highest BCUT2D eigenvalue weighted by molar-refractivity contribution is 7.93. The maximum Gasteiger partial charge on any atom is 0.433 e. The van der Waals surface area contributed by atoms with Crippen LogP contribution in [0, 0.1) is 5.82 Å². The summed E-state index contributed by atoms with van der Waals surface area (Å²) in [5.74, 6) is -0.362. The monoisotopic (exact) mass is 429 g/mol. The van der Waals surface area contributed by atoms with Gasteiger partial charge in [0.15, 0.2) is 0 Å². The predicted octanol–water partition coefficient (Wildman–Crippen LogP) is 5.85. The Kier molecular flexibility index (Phi) is 5.53. The lowest BCUT2D eigenvalue weighted by Crippen LogP contribution is -2.11. The van der Waals surface area contributed by atoms with Crippen LogP contribution >= 0.6 is 11.3 Å². The molecule has 1 aromatic carbocycles. The van der Waals surface area contributed by atoms with E-state index in [9.17, 15) is 21.8 Å². The van der Waals surface area contributed by atoms with Crippen molar-refractivity contribution in [2.24, 2.45) is 4.36 Å². The van der Waals surface area contributed by atoms with E-state index in [4.69, 9.17) is 0 Å². The number of hydrogen-bond acceptors (Lipinski definition) is 5. The van der Waals surface area contributed by atoms with Gasteiger partial charge >= 0.3 is 6.18 Å². The largest absolute Gasteiger partial charge is 0.433 e. The third-order valence-electron chi connectivity index (χ3n) is 4.09. The molecule has 0 amide bonds. The fourth-order valence-electron chi connectivity index (χ4n) is 2.36. The van der Waals surface area contributed by atoms with Gasteiger partial charge in [-0.25, -0.2) is 13.6 Å². The van der Waals surface area contributed by atoms with Crippen LogP contribution in [0.5, 0.6) is 0 Å². The standard InChI is InChI=1S/C18H15F4N3OS2/c1-11(13-5-8-16(23-9-13)18(20,21)22)28(2,26)25-17-24-15(10-27-17)12-3-6-14(19)7-4-12/h3-11H,1-2H3. The molecule has 28 heavy (non-hydrogen) atoms. The number of aromatic nitrogens is 2. The molecule has 0 N–H and O–H groups in total. The average molecular weight is 429 g/mol. The summed E-state index contributed by atoms with van der Waals surface area (Å²) in [5.41, 5.74) is 0.649. The molecule has 0 aliphatic rings. The fourth-order valence-corrected chi connectivity index (χ4v) is 4.69. The lowest BCUT2D eigenvalue weighted by Gasteiger charge is -2.14. The first-order valence-corrected chi connectivity index (χ1v) is 10.9. The Hall–Kier alpha value is -2.33. The summed E-state index contributed by atoms with van der Waals surface area (Å²) in [7, 11) is -2.85. The molecule has 0 fully saturated rings. The van der Waals surface area contributed by atoms with E-state index >= 15 is 0 Å². The molecule has 2 aromatic heterocycles. The molecule has 0 saturated heterocycles. The molecule has 10 heteroatoms. The van der Waals surface area contributed by atoms with Gasteiger partial charge in [0.1, 0.15) is 11.5 Å². The molecular weight excluding hydrogens is 414 g/mol. The van der Waals surface area contributed by atoms with E-state index in [1.807, 2.05) is 0 Å². The van der Waals surface area contributed by atoms with E-state index in [2.05, 4.69) is 14.3 Å². The van der Waals surface area contributed by atoms with Gasteiger partial charge in [-0.1, -0.05) is 6.07 Å². The van der Waals surface area contributed by atoms with E-state index in [-0.39, 0.29) is 10.9 Å². The van der Waals surface area contributed by atoms with E-state index in [0.717, 1.165) is 12.3 Å². The second-order valence-corrected chi connectivity index (χ2v) is 9.54. The van der Waals surface area contributed by atoms with Crippen LogP contribution in [0.25, 0.3) is 11.3 Å². The third kappa shape index (κ3) is 4.56. The Balaban J connectivity index is 1.86. The van der Waals surface area contributed by atoms with Crippen LogP contribution in [0.15, 0.2) is 52.3 Å². The second-order valence-electron chi connectivity index (χ2n) is 6.09. The normalized spacial score (nSPS) is 15.1. The van der Waals surface area contributed by atoms with E-state index in [0.29, 0.717) is 16.8 Å². The zero-order chi connectivity index (χ0) is 20.5. The molecule has 2 heterocycles. The molecule has 3 rings (SSSR count). The molecule has 0 aliphatic carbocycles. The first-order chi connectivity index (χ1) is 13.1. The van der Waals surface area contributed by atoms with Gasteiger partial charge in [-0.15, -0.1) is 11.3 Å². The van der Waals surface area contributed by atoms with Crippen molar-refractivity contribution in [1.29, 1.82) is 0 Å². The van der Waals surface area contributed by atoms with Crippen molar-refractivity contribution >= 4 is 26.2 Å². The van der Waals surface area contributed by atoms with Crippen molar-refractivity contribution in [3.8, 4) is 11.3 Å². The average Bonchev–Trinajstić information content (AvgIpc) is 3.08. The summed E-state index contributed by atoms with van der Waals surface area (Å²) >= 11 is 1.18. The molecule has 4 nitrogen and oxygen atoms in total. The maximum absolute atomic E-state index is 13.0. The minimum atomic E-state index is -4.53. The molecule has 2 unspecified atom stereocenters. The summed E-state index contributed by atoms with van der Waals surface area (Å²) in [6.07, 6.45) is -2.04. The van der Waals surface area contributed by atoms with Gasteiger partial charge in [0, 0.05) is 23.4 Å². The number of pyridine rings is 1. The number of nitrogens with zero attached hydrogens (tertiary/aromatic N) is 3. The molecule has 148 valence electrons. The van der Waals surface area contributed by atoms with E-state index < -0.39 is 26.8 Å². The topological polar surface area (TPSA) is 55.2 Å². The number of hydrogen-bond donors (Lipinski definition) is 0. The minimum absolute atomic E-state index is 0.276. The molecule has 0 saturated carbocycles. The highest BCUT2D eigenvalue weighted by Crippen LogP contribution is 2.32. The van der Waals surface area contributed by atoms with Crippen molar-refractivity contribution in [2.75, 3.05) is 6.26 Å². The molecule has 0 radical (unpaired) electrons. The van der Waals surface area contributed by atoms with Crippen LogP contribution in [-0.2, 0) is 15.9 Å².